The highest BCUT2D eigenvalue weighted by Crippen LogP contribution is 2.18. The Morgan fingerprint density at radius 1 is 0.320 bits per heavy atom. The van der Waals surface area contributed by atoms with Gasteiger partial charge in [-0.25, -0.2) is 0 Å². The molecule has 0 radical (unpaired) electrons. The molecule has 0 rings (SSSR count). The molecule has 0 bridgehead atoms. The van der Waals surface area contributed by atoms with Crippen LogP contribution in [0, 0.1) is 0 Å². The van der Waals surface area contributed by atoms with E-state index in [4.69, 9.17) is 18.9 Å². The molecule has 0 saturated heterocycles. The average molecular weight is 1350 g/mol. The summed E-state index contributed by atoms with van der Waals surface area (Å²) in [5.74, 6) is -2.31. The Morgan fingerprint density at radius 2 is 0.588 bits per heavy atom. The average Bonchev–Trinajstić information content (AvgIpc) is 2.59. The zero-order chi connectivity index (χ0) is 70.4. The SMILES string of the molecule is CC/C=C\C/C=C\C/C=C\C/C=C\C/C=C\C/C=C\C/C=C\C/C=C\C/C=C\CCCCCCCC(=O)OC(COC(=O)CCCCCCCCCCCCCCCCCCCCCCCCCC/C=C\C/C=C\C/C=C\CCCCCCC)COC(OCC[N+](C)(C)C)C(=O)[O-]. The summed E-state index contributed by atoms with van der Waals surface area (Å²) in [6, 6.07) is 0. The third-order valence-corrected chi connectivity index (χ3v) is 17.1. The van der Waals surface area contributed by atoms with Gasteiger partial charge < -0.3 is 33.3 Å². The molecule has 0 aromatic carbocycles. The van der Waals surface area contributed by atoms with Crippen LogP contribution in [0.5, 0.6) is 0 Å². The zero-order valence-electron chi connectivity index (χ0n) is 63.4. The van der Waals surface area contributed by atoms with Gasteiger partial charge in [-0.05, 0) is 122 Å². The van der Waals surface area contributed by atoms with Gasteiger partial charge in [-0.15, -0.1) is 0 Å². The lowest BCUT2D eigenvalue weighted by molar-refractivity contribution is -0.870. The molecule has 2 unspecified atom stereocenters. The molecule has 0 N–H and O–H groups in total. The Morgan fingerprint density at radius 3 is 0.876 bits per heavy atom. The smallest absolute Gasteiger partial charge is 0.306 e. The topological polar surface area (TPSA) is 111 Å². The second-order valence-corrected chi connectivity index (χ2v) is 27.6. The van der Waals surface area contributed by atoms with Crippen molar-refractivity contribution in [1.29, 1.82) is 0 Å². The van der Waals surface area contributed by atoms with E-state index in [-0.39, 0.29) is 38.6 Å². The third kappa shape index (κ3) is 78.4. The van der Waals surface area contributed by atoms with Gasteiger partial charge >= 0.3 is 11.9 Å². The molecular formula is C88H149NO8. The number of aliphatic carboxylic acids is 1. The first kappa shape index (κ1) is 92.2. The number of hydrogen-bond donors (Lipinski definition) is 0. The molecule has 0 aromatic rings. The Balaban J connectivity index is 4.08. The molecule has 9 heteroatoms. The highest BCUT2D eigenvalue weighted by molar-refractivity contribution is 5.70. The first-order chi connectivity index (χ1) is 47.6. The van der Waals surface area contributed by atoms with Crippen molar-refractivity contribution in [2.24, 2.45) is 0 Å². The Bertz CT molecular complexity index is 2110. The number of nitrogens with zero attached hydrogens (tertiary/aromatic N) is 1. The number of carbonyl (C=O) groups is 3. The van der Waals surface area contributed by atoms with Gasteiger partial charge in [0.1, 0.15) is 13.2 Å². The number of carboxylic acids is 1. The van der Waals surface area contributed by atoms with Crippen molar-refractivity contribution in [3.63, 3.8) is 0 Å². The Hall–Kier alpha value is -4.83. The summed E-state index contributed by atoms with van der Waals surface area (Å²) in [6.07, 6.45) is 110. The predicted molar refractivity (Wildman–Crippen MR) is 416 cm³/mol. The van der Waals surface area contributed by atoms with Gasteiger partial charge in [0.25, 0.3) is 0 Å². The summed E-state index contributed by atoms with van der Waals surface area (Å²) in [4.78, 5) is 37.6. The molecule has 97 heavy (non-hydrogen) atoms. The van der Waals surface area contributed by atoms with Crippen LogP contribution in [0.1, 0.15) is 335 Å². The maximum atomic E-state index is 13.0. The van der Waals surface area contributed by atoms with E-state index in [9.17, 15) is 19.5 Å². The number of quaternary nitrogens is 1. The molecule has 0 spiro atoms. The van der Waals surface area contributed by atoms with Crippen molar-refractivity contribution in [2.75, 3.05) is 47.5 Å². The number of rotatable bonds is 73. The van der Waals surface area contributed by atoms with Crippen LogP contribution >= 0.6 is 0 Å². The summed E-state index contributed by atoms with van der Waals surface area (Å²) < 4.78 is 22.8. The molecule has 0 heterocycles. The zero-order valence-corrected chi connectivity index (χ0v) is 63.4. The van der Waals surface area contributed by atoms with E-state index in [2.05, 4.69) is 160 Å². The summed E-state index contributed by atoms with van der Waals surface area (Å²) in [5.41, 5.74) is 0. The minimum Gasteiger partial charge on any atom is -0.545 e. The molecule has 0 aliphatic heterocycles. The second-order valence-electron chi connectivity index (χ2n) is 27.6. The van der Waals surface area contributed by atoms with Crippen molar-refractivity contribution in [1.82, 2.24) is 0 Å². The summed E-state index contributed by atoms with van der Waals surface area (Å²) in [7, 11) is 5.92. The van der Waals surface area contributed by atoms with Crippen LogP contribution in [0.25, 0.3) is 0 Å². The Kier molecular flexibility index (Phi) is 73.1. The predicted octanol–water partition coefficient (Wildman–Crippen LogP) is 24.5. The monoisotopic (exact) mass is 1350 g/mol. The summed E-state index contributed by atoms with van der Waals surface area (Å²) in [6.45, 7) is 4.62. The van der Waals surface area contributed by atoms with Gasteiger partial charge in [-0.2, -0.15) is 0 Å². The summed E-state index contributed by atoms with van der Waals surface area (Å²) >= 11 is 0. The van der Waals surface area contributed by atoms with Gasteiger partial charge in [0.2, 0.25) is 0 Å². The van der Waals surface area contributed by atoms with E-state index >= 15 is 0 Å². The number of likely N-dealkylation sites (N-methyl/N-ethyl adjacent to an activating group) is 1. The number of carboxylic acid groups (broad SMARTS) is 1. The van der Waals surface area contributed by atoms with E-state index in [0.29, 0.717) is 17.4 Å². The van der Waals surface area contributed by atoms with Crippen molar-refractivity contribution in [2.45, 2.75) is 347 Å². The number of esters is 2. The Labute approximate surface area is 598 Å². The van der Waals surface area contributed by atoms with E-state index in [1.807, 2.05) is 21.1 Å². The lowest BCUT2D eigenvalue weighted by Crippen LogP contribution is -2.44. The van der Waals surface area contributed by atoms with Crippen molar-refractivity contribution < 1.29 is 42.9 Å². The van der Waals surface area contributed by atoms with Gasteiger partial charge in [0.05, 0.1) is 40.3 Å². The van der Waals surface area contributed by atoms with Crippen LogP contribution in [0.2, 0.25) is 0 Å². The van der Waals surface area contributed by atoms with Gasteiger partial charge in [0, 0.05) is 12.8 Å². The standard InChI is InChI=1S/C88H149NO8/c1-6-8-10-12-14-16-18-20-22-24-26-28-30-32-34-36-38-40-41-42-43-44-45-47-48-50-52-54-56-58-60-62-64-66-68-70-72-74-76-78-85(90)95-82-84(83-96-88(87(92)93)94-81-80-89(3,4)5)97-86(91)79-77-75-73-71-69-67-65-63-61-59-57-55-53-51-49-46-39-37-35-33-31-29-27-25-23-21-19-17-15-13-11-9-7-2/h9,11,15,17-18,20-21,23-24,26-27,29-30,32-33,35,39,46,51,53,57,59,63,65,84,88H,6-8,10,12-14,16,19,22,25,28,31,34,36-38,40-45,47-50,52,54-56,58,60-62,64,66-83H2,1-5H3/b11-9-,17-15-,20-18-,23-21-,26-24-,29-27-,32-30-,35-33-,46-39-,53-51-,59-57-,65-63-. The number of allylic oxidation sites excluding steroid dienone is 24. The van der Waals surface area contributed by atoms with Crippen LogP contribution in [0.3, 0.4) is 0 Å². The third-order valence-electron chi connectivity index (χ3n) is 17.1. The van der Waals surface area contributed by atoms with Crippen LogP contribution in [-0.4, -0.2) is 82.3 Å². The maximum absolute atomic E-state index is 13.0. The fraction of sp³-hybridized carbons (Fsp3) is 0.693. The maximum Gasteiger partial charge on any atom is 0.306 e. The van der Waals surface area contributed by atoms with E-state index in [0.717, 1.165) is 122 Å². The van der Waals surface area contributed by atoms with E-state index < -0.39 is 24.3 Å². The molecule has 554 valence electrons. The fourth-order valence-electron chi connectivity index (χ4n) is 11.0. The summed E-state index contributed by atoms with van der Waals surface area (Å²) in [5, 5.41) is 11.9. The highest BCUT2D eigenvalue weighted by atomic mass is 16.7. The molecule has 0 amide bonds. The van der Waals surface area contributed by atoms with Gasteiger partial charge in [-0.1, -0.05) is 346 Å². The van der Waals surface area contributed by atoms with Gasteiger partial charge in [-0.3, -0.25) is 9.59 Å². The number of hydrogen-bond acceptors (Lipinski definition) is 8. The van der Waals surface area contributed by atoms with Crippen LogP contribution in [0.4, 0.5) is 0 Å². The quantitative estimate of drug-likeness (QED) is 0.0195. The number of unbranched alkanes of at least 4 members (excludes halogenated alkanes) is 34. The first-order valence-electron chi connectivity index (χ1n) is 40.0. The lowest BCUT2D eigenvalue weighted by atomic mass is 10.0. The normalized spacial score (nSPS) is 13.5. The molecule has 9 nitrogen and oxygen atoms in total. The molecule has 0 aliphatic rings. The van der Waals surface area contributed by atoms with E-state index in [1.165, 1.54) is 180 Å². The van der Waals surface area contributed by atoms with Crippen molar-refractivity contribution in [3.8, 4) is 0 Å². The molecule has 0 aliphatic carbocycles. The second kappa shape index (κ2) is 76.9. The van der Waals surface area contributed by atoms with Crippen LogP contribution < -0.4 is 5.11 Å². The molecule has 0 aromatic heterocycles. The van der Waals surface area contributed by atoms with Crippen molar-refractivity contribution in [3.05, 3.63) is 146 Å². The minimum atomic E-state index is -1.64. The molecular weight excluding hydrogens is 1200 g/mol. The molecule has 2 atom stereocenters. The molecule has 0 fully saturated rings. The largest absolute Gasteiger partial charge is 0.545 e. The molecule has 0 saturated carbocycles. The highest BCUT2D eigenvalue weighted by Gasteiger charge is 2.22. The van der Waals surface area contributed by atoms with Crippen LogP contribution in [-0.2, 0) is 33.3 Å². The first-order valence-corrected chi connectivity index (χ1v) is 40.0. The number of ether oxygens (including phenoxy) is 4. The number of carbonyl (C=O) groups excluding carboxylic acids is 3. The fourth-order valence-corrected chi connectivity index (χ4v) is 11.0. The van der Waals surface area contributed by atoms with Crippen molar-refractivity contribution >= 4 is 17.9 Å². The van der Waals surface area contributed by atoms with Gasteiger partial charge in [0.15, 0.2) is 12.4 Å². The van der Waals surface area contributed by atoms with Crippen LogP contribution in [0.15, 0.2) is 146 Å². The van der Waals surface area contributed by atoms with E-state index in [1.54, 1.807) is 0 Å². The minimum absolute atomic E-state index is 0.138. The lowest BCUT2D eigenvalue weighted by Gasteiger charge is -2.26.